The predicted molar refractivity (Wildman–Crippen MR) is 54.8 cm³/mol. The lowest BCUT2D eigenvalue weighted by atomic mass is 10.2. The topological polar surface area (TPSA) is 42.0 Å². The van der Waals surface area contributed by atoms with Crippen molar-refractivity contribution in [3.05, 3.63) is 0 Å². The summed E-state index contributed by atoms with van der Waals surface area (Å²) < 4.78 is 10.4. The molecular formula is C10H18N2O3. The van der Waals surface area contributed by atoms with E-state index in [0.29, 0.717) is 6.61 Å². The summed E-state index contributed by atoms with van der Waals surface area (Å²) in [6.07, 6.45) is 0.952. The molecule has 15 heavy (non-hydrogen) atoms. The van der Waals surface area contributed by atoms with Gasteiger partial charge in [0.2, 0.25) is 0 Å². The summed E-state index contributed by atoms with van der Waals surface area (Å²) in [6.45, 7) is 6.51. The first-order valence-corrected chi connectivity index (χ1v) is 5.58. The molecule has 5 nitrogen and oxygen atoms in total. The van der Waals surface area contributed by atoms with E-state index in [1.165, 1.54) is 0 Å². The maximum atomic E-state index is 11.3. The van der Waals surface area contributed by atoms with E-state index < -0.39 is 0 Å². The van der Waals surface area contributed by atoms with Gasteiger partial charge in [-0.2, -0.15) is 0 Å². The van der Waals surface area contributed by atoms with E-state index in [-0.39, 0.29) is 6.09 Å². The Hall–Kier alpha value is -0.810. The third kappa shape index (κ3) is 3.07. The molecule has 2 saturated heterocycles. The smallest absolute Gasteiger partial charge is 0.409 e. The molecule has 0 aliphatic carbocycles. The lowest BCUT2D eigenvalue weighted by Gasteiger charge is -2.30. The van der Waals surface area contributed by atoms with Gasteiger partial charge in [-0.3, -0.25) is 4.90 Å². The van der Waals surface area contributed by atoms with Gasteiger partial charge in [-0.15, -0.1) is 0 Å². The van der Waals surface area contributed by atoms with E-state index in [4.69, 9.17) is 9.47 Å². The highest BCUT2D eigenvalue weighted by molar-refractivity contribution is 5.68. The molecule has 5 heteroatoms. The molecule has 0 bridgehead atoms. The molecule has 0 saturated carbocycles. The second kappa shape index (κ2) is 5.32. The zero-order valence-electron chi connectivity index (χ0n) is 8.98. The first-order chi connectivity index (χ1) is 7.36. The minimum absolute atomic E-state index is 0.158. The van der Waals surface area contributed by atoms with E-state index in [1.54, 1.807) is 4.90 Å². The zero-order chi connectivity index (χ0) is 10.5. The number of carbonyl (C=O) groups is 1. The van der Waals surface area contributed by atoms with Crippen molar-refractivity contribution in [2.24, 2.45) is 0 Å². The van der Waals surface area contributed by atoms with Gasteiger partial charge in [0.05, 0.1) is 13.2 Å². The van der Waals surface area contributed by atoms with Gasteiger partial charge in [0.1, 0.15) is 6.61 Å². The van der Waals surface area contributed by atoms with Crippen LogP contribution < -0.4 is 0 Å². The maximum absolute atomic E-state index is 11.3. The molecule has 2 heterocycles. The molecule has 86 valence electrons. The van der Waals surface area contributed by atoms with Gasteiger partial charge < -0.3 is 14.4 Å². The molecule has 2 aliphatic rings. The lowest BCUT2D eigenvalue weighted by molar-refractivity contribution is 0.0223. The second-order valence-electron chi connectivity index (χ2n) is 3.91. The molecule has 0 unspecified atom stereocenters. The first-order valence-electron chi connectivity index (χ1n) is 5.58. The van der Waals surface area contributed by atoms with Crippen molar-refractivity contribution < 1.29 is 14.3 Å². The van der Waals surface area contributed by atoms with Crippen LogP contribution >= 0.6 is 0 Å². The quantitative estimate of drug-likeness (QED) is 0.671. The predicted octanol–water partition coefficient (Wildman–Crippen LogP) is 0.161. The number of morpholine rings is 1. The lowest BCUT2D eigenvalue weighted by Crippen LogP contribution is -2.44. The third-order valence-corrected chi connectivity index (χ3v) is 2.85. The Morgan fingerprint density at radius 1 is 1.20 bits per heavy atom. The van der Waals surface area contributed by atoms with Gasteiger partial charge in [0.15, 0.2) is 0 Å². The average Bonchev–Trinajstić information content (AvgIpc) is 2.16. The van der Waals surface area contributed by atoms with E-state index in [9.17, 15) is 4.79 Å². The maximum Gasteiger partial charge on any atom is 0.409 e. The number of hydrogen-bond acceptors (Lipinski definition) is 4. The molecular weight excluding hydrogens is 196 g/mol. The van der Waals surface area contributed by atoms with Crippen molar-refractivity contribution in [2.45, 2.75) is 6.42 Å². The monoisotopic (exact) mass is 214 g/mol. The summed E-state index contributed by atoms with van der Waals surface area (Å²) >= 11 is 0. The van der Waals surface area contributed by atoms with Crippen LogP contribution in [0.15, 0.2) is 0 Å². The van der Waals surface area contributed by atoms with Gasteiger partial charge in [-0.1, -0.05) is 0 Å². The summed E-state index contributed by atoms with van der Waals surface area (Å²) in [4.78, 5) is 15.3. The van der Waals surface area contributed by atoms with Crippen LogP contribution in [0.25, 0.3) is 0 Å². The summed E-state index contributed by atoms with van der Waals surface area (Å²) in [7, 11) is 0. The molecule has 0 N–H and O–H groups in total. The Morgan fingerprint density at radius 2 is 1.93 bits per heavy atom. The minimum Gasteiger partial charge on any atom is -0.448 e. The standard InChI is InChI=1S/C10H18N2O3/c13-10(12-2-1-3-12)15-9-6-11-4-7-14-8-5-11/h1-9H2. The molecule has 0 spiro atoms. The van der Waals surface area contributed by atoms with Crippen LogP contribution in [0.1, 0.15) is 6.42 Å². The molecule has 2 fully saturated rings. The largest absolute Gasteiger partial charge is 0.448 e. The number of ether oxygens (including phenoxy) is 2. The van der Waals surface area contributed by atoms with Gasteiger partial charge in [-0.25, -0.2) is 4.79 Å². The highest BCUT2D eigenvalue weighted by Gasteiger charge is 2.21. The van der Waals surface area contributed by atoms with Crippen LogP contribution in [0.3, 0.4) is 0 Å². The van der Waals surface area contributed by atoms with Crippen LogP contribution in [0.4, 0.5) is 4.79 Å². The fourth-order valence-electron chi connectivity index (χ4n) is 1.68. The normalized spacial score (nSPS) is 22.3. The Balaban J connectivity index is 1.55. The van der Waals surface area contributed by atoms with Gasteiger partial charge >= 0.3 is 6.09 Å². The number of hydrogen-bond donors (Lipinski definition) is 0. The average molecular weight is 214 g/mol. The number of nitrogens with zero attached hydrogens (tertiary/aromatic N) is 2. The number of likely N-dealkylation sites (tertiary alicyclic amines) is 1. The summed E-state index contributed by atoms with van der Waals surface area (Å²) in [5.41, 5.74) is 0. The van der Waals surface area contributed by atoms with Gasteiger partial charge in [0, 0.05) is 32.7 Å². The van der Waals surface area contributed by atoms with Gasteiger partial charge in [0.25, 0.3) is 0 Å². The summed E-state index contributed by atoms with van der Waals surface area (Å²) in [6, 6.07) is 0. The van der Waals surface area contributed by atoms with E-state index in [1.807, 2.05) is 0 Å². The van der Waals surface area contributed by atoms with Crippen molar-refractivity contribution in [3.63, 3.8) is 0 Å². The summed E-state index contributed by atoms with van der Waals surface area (Å²) in [5, 5.41) is 0. The number of rotatable bonds is 3. The SMILES string of the molecule is O=C(OCCN1CCOCC1)N1CCC1. The molecule has 2 rings (SSSR count). The Labute approximate surface area is 89.9 Å². The highest BCUT2D eigenvalue weighted by atomic mass is 16.6. The van der Waals surface area contributed by atoms with Crippen LogP contribution in [-0.2, 0) is 9.47 Å². The van der Waals surface area contributed by atoms with Crippen molar-refractivity contribution in [2.75, 3.05) is 52.5 Å². The van der Waals surface area contributed by atoms with Crippen LogP contribution in [0.5, 0.6) is 0 Å². The Bertz CT molecular complexity index is 213. The van der Waals surface area contributed by atoms with Crippen LogP contribution in [0.2, 0.25) is 0 Å². The second-order valence-corrected chi connectivity index (χ2v) is 3.91. The molecule has 1 amide bonds. The third-order valence-electron chi connectivity index (χ3n) is 2.85. The van der Waals surface area contributed by atoms with E-state index >= 15 is 0 Å². The van der Waals surface area contributed by atoms with Crippen molar-refractivity contribution in [3.8, 4) is 0 Å². The van der Waals surface area contributed by atoms with Crippen molar-refractivity contribution in [1.82, 2.24) is 9.80 Å². The molecule has 0 aromatic carbocycles. The van der Waals surface area contributed by atoms with Crippen molar-refractivity contribution in [1.29, 1.82) is 0 Å². The number of carbonyl (C=O) groups excluding carboxylic acids is 1. The molecule has 2 aliphatic heterocycles. The van der Waals surface area contributed by atoms with Crippen LogP contribution in [-0.4, -0.2) is 68.4 Å². The molecule has 0 atom stereocenters. The van der Waals surface area contributed by atoms with Crippen LogP contribution in [0, 0.1) is 0 Å². The fourth-order valence-corrected chi connectivity index (χ4v) is 1.68. The Kier molecular flexibility index (Phi) is 3.80. The minimum atomic E-state index is -0.158. The first kappa shape index (κ1) is 10.7. The molecule has 0 aromatic heterocycles. The zero-order valence-corrected chi connectivity index (χ0v) is 8.98. The fraction of sp³-hybridized carbons (Fsp3) is 0.900. The van der Waals surface area contributed by atoms with Crippen molar-refractivity contribution >= 4 is 6.09 Å². The molecule has 0 aromatic rings. The van der Waals surface area contributed by atoms with E-state index in [0.717, 1.165) is 52.4 Å². The molecule has 0 radical (unpaired) electrons. The highest BCUT2D eigenvalue weighted by Crippen LogP contribution is 2.07. The number of amides is 1. The Morgan fingerprint density at radius 3 is 2.53 bits per heavy atom. The van der Waals surface area contributed by atoms with Gasteiger partial charge in [-0.05, 0) is 6.42 Å². The summed E-state index contributed by atoms with van der Waals surface area (Å²) in [5.74, 6) is 0. The van der Waals surface area contributed by atoms with E-state index in [2.05, 4.69) is 4.90 Å².